The number of nitrogens with zero attached hydrogens (tertiary/aromatic N) is 2. The highest BCUT2D eigenvalue weighted by Crippen LogP contribution is 2.27. The van der Waals surface area contributed by atoms with Gasteiger partial charge in [-0.2, -0.15) is 0 Å². The molecular weight excluding hydrogens is 260 g/mol. The highest BCUT2D eigenvalue weighted by molar-refractivity contribution is 5.86. The van der Waals surface area contributed by atoms with Gasteiger partial charge in [-0.25, -0.2) is 0 Å². The van der Waals surface area contributed by atoms with Crippen LogP contribution in [0.25, 0.3) is 10.9 Å². The Kier molecular flexibility index (Phi) is 3.91. The van der Waals surface area contributed by atoms with Crippen molar-refractivity contribution in [3.63, 3.8) is 0 Å². The van der Waals surface area contributed by atoms with E-state index < -0.39 is 0 Å². The van der Waals surface area contributed by atoms with Gasteiger partial charge < -0.3 is 9.30 Å². The van der Waals surface area contributed by atoms with Gasteiger partial charge in [0, 0.05) is 17.8 Å². The highest BCUT2D eigenvalue weighted by Gasteiger charge is 2.08. The summed E-state index contributed by atoms with van der Waals surface area (Å²) in [5, 5.41) is 1.17. The number of pyridine rings is 1. The molecule has 0 bridgehead atoms. The normalized spacial score (nSPS) is 11.0. The topological polar surface area (TPSA) is 27.1 Å². The van der Waals surface area contributed by atoms with Crippen LogP contribution in [0.4, 0.5) is 0 Å². The molecule has 3 nitrogen and oxygen atoms in total. The molecule has 0 fully saturated rings. The van der Waals surface area contributed by atoms with Crippen molar-refractivity contribution < 1.29 is 4.74 Å². The molecule has 0 aliphatic carbocycles. The lowest BCUT2D eigenvalue weighted by molar-refractivity contribution is 0.321. The maximum Gasteiger partial charge on any atom is 0.128 e. The van der Waals surface area contributed by atoms with Gasteiger partial charge in [-0.05, 0) is 43.2 Å². The summed E-state index contributed by atoms with van der Waals surface area (Å²) in [4.78, 5) is 4.48. The monoisotopic (exact) mass is 280 g/mol. The zero-order chi connectivity index (χ0) is 14.7. The Balaban J connectivity index is 1.95. The molecule has 0 saturated carbocycles. The Morgan fingerprint density at radius 1 is 1.14 bits per heavy atom. The van der Waals surface area contributed by atoms with E-state index in [4.69, 9.17) is 4.74 Å². The third-order valence-corrected chi connectivity index (χ3v) is 3.67. The van der Waals surface area contributed by atoms with Crippen molar-refractivity contribution in [2.45, 2.75) is 26.8 Å². The number of rotatable bonds is 5. The maximum absolute atomic E-state index is 5.83. The first-order chi connectivity index (χ1) is 10.3. The highest BCUT2D eigenvalue weighted by atomic mass is 16.5. The van der Waals surface area contributed by atoms with E-state index in [-0.39, 0.29) is 0 Å². The van der Waals surface area contributed by atoms with Crippen molar-refractivity contribution >= 4 is 10.9 Å². The molecule has 2 heterocycles. The minimum absolute atomic E-state index is 0.754. The van der Waals surface area contributed by atoms with Crippen molar-refractivity contribution in [1.82, 2.24) is 9.55 Å². The molecule has 1 aromatic carbocycles. The summed E-state index contributed by atoms with van der Waals surface area (Å²) in [6.07, 6.45) is 4.98. The molecule has 108 valence electrons. The van der Waals surface area contributed by atoms with Crippen LogP contribution in [0.5, 0.6) is 5.75 Å². The van der Waals surface area contributed by atoms with Crippen LogP contribution in [0.15, 0.2) is 48.8 Å². The smallest absolute Gasteiger partial charge is 0.128 e. The quantitative estimate of drug-likeness (QED) is 0.701. The fraction of sp³-hybridized carbons (Fsp3) is 0.278. The van der Waals surface area contributed by atoms with E-state index in [1.807, 2.05) is 18.3 Å². The van der Waals surface area contributed by atoms with Crippen molar-refractivity contribution in [1.29, 1.82) is 0 Å². The predicted octanol–water partition coefficient (Wildman–Crippen LogP) is 4.18. The molecule has 3 rings (SSSR count). The average molecular weight is 280 g/mol. The standard InChI is InChI=1S/C18H20N2O/c1-3-12-21-18-8-4-7-17-15(18)9-11-20(17)13-16-14(2)6-5-10-19-16/h4-11H,3,12-13H2,1-2H3. The molecule has 0 aliphatic heterocycles. The number of aryl methyl sites for hydroxylation is 1. The van der Waals surface area contributed by atoms with Crippen LogP contribution in [-0.4, -0.2) is 16.2 Å². The van der Waals surface area contributed by atoms with Gasteiger partial charge in [-0.3, -0.25) is 4.98 Å². The van der Waals surface area contributed by atoms with E-state index in [9.17, 15) is 0 Å². The molecule has 0 spiro atoms. The average Bonchev–Trinajstić information content (AvgIpc) is 2.91. The van der Waals surface area contributed by atoms with Gasteiger partial charge in [0.05, 0.1) is 24.4 Å². The van der Waals surface area contributed by atoms with Gasteiger partial charge in [0.15, 0.2) is 0 Å². The Bertz CT molecular complexity index is 746. The second-order valence-electron chi connectivity index (χ2n) is 5.25. The van der Waals surface area contributed by atoms with E-state index in [2.05, 4.69) is 53.9 Å². The van der Waals surface area contributed by atoms with Gasteiger partial charge in [0.1, 0.15) is 5.75 Å². The molecule has 0 atom stereocenters. The first-order valence-corrected chi connectivity index (χ1v) is 7.40. The third kappa shape index (κ3) is 2.77. The van der Waals surface area contributed by atoms with Gasteiger partial charge in [-0.1, -0.05) is 19.1 Å². The first-order valence-electron chi connectivity index (χ1n) is 7.40. The maximum atomic E-state index is 5.83. The molecule has 2 aromatic heterocycles. The molecule has 21 heavy (non-hydrogen) atoms. The molecule has 0 unspecified atom stereocenters. The molecule has 0 amide bonds. The number of benzene rings is 1. The zero-order valence-electron chi connectivity index (χ0n) is 12.5. The number of ether oxygens (including phenoxy) is 1. The van der Waals surface area contributed by atoms with Crippen LogP contribution in [0, 0.1) is 6.92 Å². The fourth-order valence-corrected chi connectivity index (χ4v) is 2.52. The Hall–Kier alpha value is -2.29. The van der Waals surface area contributed by atoms with E-state index in [1.165, 1.54) is 16.5 Å². The lowest BCUT2D eigenvalue weighted by Crippen LogP contribution is -2.02. The second kappa shape index (κ2) is 6.00. The van der Waals surface area contributed by atoms with Crippen molar-refractivity contribution in [3.05, 3.63) is 60.0 Å². The predicted molar refractivity (Wildman–Crippen MR) is 85.8 cm³/mol. The minimum atomic E-state index is 0.754. The van der Waals surface area contributed by atoms with Crippen LogP contribution in [0.3, 0.4) is 0 Å². The minimum Gasteiger partial charge on any atom is -0.493 e. The van der Waals surface area contributed by atoms with E-state index in [0.717, 1.165) is 31.0 Å². The van der Waals surface area contributed by atoms with Crippen LogP contribution in [-0.2, 0) is 6.54 Å². The van der Waals surface area contributed by atoms with E-state index >= 15 is 0 Å². The van der Waals surface area contributed by atoms with Gasteiger partial charge in [0.25, 0.3) is 0 Å². The molecule has 0 aliphatic rings. The van der Waals surface area contributed by atoms with Crippen molar-refractivity contribution in [2.24, 2.45) is 0 Å². The summed E-state index contributed by atoms with van der Waals surface area (Å²) >= 11 is 0. The summed E-state index contributed by atoms with van der Waals surface area (Å²) < 4.78 is 8.05. The molecule has 0 N–H and O–H groups in total. The van der Waals surface area contributed by atoms with Gasteiger partial charge >= 0.3 is 0 Å². The van der Waals surface area contributed by atoms with Gasteiger partial charge in [-0.15, -0.1) is 0 Å². The lowest BCUT2D eigenvalue weighted by Gasteiger charge is -2.09. The summed E-state index contributed by atoms with van der Waals surface area (Å²) in [6.45, 7) is 5.76. The molecule has 0 radical (unpaired) electrons. The third-order valence-electron chi connectivity index (χ3n) is 3.67. The number of hydrogen-bond acceptors (Lipinski definition) is 2. The molecule has 3 aromatic rings. The number of hydrogen-bond donors (Lipinski definition) is 0. The van der Waals surface area contributed by atoms with Crippen LogP contribution in [0.2, 0.25) is 0 Å². The Morgan fingerprint density at radius 3 is 2.86 bits per heavy atom. The van der Waals surface area contributed by atoms with E-state index in [0.29, 0.717) is 0 Å². The lowest BCUT2D eigenvalue weighted by atomic mass is 10.2. The Morgan fingerprint density at radius 2 is 2.05 bits per heavy atom. The molecular formula is C18H20N2O. The summed E-state index contributed by atoms with van der Waals surface area (Å²) in [6, 6.07) is 12.4. The van der Waals surface area contributed by atoms with Crippen molar-refractivity contribution in [3.8, 4) is 5.75 Å². The number of aromatic nitrogens is 2. The van der Waals surface area contributed by atoms with E-state index in [1.54, 1.807) is 0 Å². The molecule has 3 heteroatoms. The first kappa shape index (κ1) is 13.7. The Labute approximate surface area is 125 Å². The van der Waals surface area contributed by atoms with Gasteiger partial charge in [0.2, 0.25) is 0 Å². The largest absolute Gasteiger partial charge is 0.493 e. The SMILES string of the molecule is CCCOc1cccc2c1ccn2Cc1ncccc1C. The van der Waals surface area contributed by atoms with Crippen LogP contribution < -0.4 is 4.74 Å². The summed E-state index contributed by atoms with van der Waals surface area (Å²) in [5.41, 5.74) is 3.52. The van der Waals surface area contributed by atoms with Crippen molar-refractivity contribution in [2.75, 3.05) is 6.61 Å². The fourth-order valence-electron chi connectivity index (χ4n) is 2.52. The molecule has 0 saturated heterocycles. The summed E-state index contributed by atoms with van der Waals surface area (Å²) in [5.74, 6) is 0.964. The number of fused-ring (bicyclic) bond motifs is 1. The summed E-state index contributed by atoms with van der Waals surface area (Å²) in [7, 11) is 0. The zero-order valence-corrected chi connectivity index (χ0v) is 12.5. The van der Waals surface area contributed by atoms with Crippen LogP contribution in [0.1, 0.15) is 24.6 Å². The van der Waals surface area contributed by atoms with Crippen LogP contribution >= 0.6 is 0 Å². The second-order valence-corrected chi connectivity index (χ2v) is 5.25.